The van der Waals surface area contributed by atoms with E-state index in [-0.39, 0.29) is 5.82 Å². The summed E-state index contributed by atoms with van der Waals surface area (Å²) in [6, 6.07) is 2.93. The second-order valence-electron chi connectivity index (χ2n) is 3.33. The van der Waals surface area contributed by atoms with Gasteiger partial charge >= 0.3 is 0 Å². The van der Waals surface area contributed by atoms with Crippen molar-refractivity contribution in [3.8, 4) is 5.75 Å². The predicted octanol–water partition coefficient (Wildman–Crippen LogP) is 0.837. The van der Waals surface area contributed by atoms with Gasteiger partial charge in [0.25, 0.3) is 0 Å². The number of hydrogen-bond acceptors (Lipinski definition) is 3. The first-order chi connectivity index (χ1) is 7.22. The molecule has 4 N–H and O–H groups in total. The Morgan fingerprint density at radius 2 is 1.60 bits per heavy atom. The van der Waals surface area contributed by atoms with E-state index in [4.69, 9.17) is 16.2 Å². The number of methoxy groups -OCH3 is 1. The molecule has 1 aromatic carbocycles. The van der Waals surface area contributed by atoms with Crippen LogP contribution >= 0.6 is 0 Å². The molecule has 0 spiro atoms. The van der Waals surface area contributed by atoms with Gasteiger partial charge in [0.15, 0.2) is 0 Å². The second-order valence-corrected chi connectivity index (χ2v) is 3.33. The van der Waals surface area contributed by atoms with E-state index in [0.29, 0.717) is 31.7 Å². The molecule has 0 heterocycles. The summed E-state index contributed by atoms with van der Waals surface area (Å²) in [5.41, 5.74) is 12.5. The highest BCUT2D eigenvalue weighted by atomic mass is 19.1. The van der Waals surface area contributed by atoms with Gasteiger partial charge < -0.3 is 16.2 Å². The summed E-state index contributed by atoms with van der Waals surface area (Å²) in [5.74, 6) is 0.454. The van der Waals surface area contributed by atoms with E-state index in [1.807, 2.05) is 0 Å². The van der Waals surface area contributed by atoms with Crippen molar-refractivity contribution in [2.75, 3.05) is 20.2 Å². The summed E-state index contributed by atoms with van der Waals surface area (Å²) in [6.45, 7) is 0.948. The third-order valence-corrected chi connectivity index (χ3v) is 2.24. The van der Waals surface area contributed by atoms with E-state index in [9.17, 15) is 4.39 Å². The van der Waals surface area contributed by atoms with Gasteiger partial charge in [-0.2, -0.15) is 0 Å². The zero-order valence-electron chi connectivity index (χ0n) is 8.92. The Balaban J connectivity index is 3.12. The Labute approximate surface area is 89.2 Å². The predicted molar refractivity (Wildman–Crippen MR) is 58.5 cm³/mol. The zero-order valence-corrected chi connectivity index (χ0v) is 8.92. The van der Waals surface area contributed by atoms with Crippen molar-refractivity contribution >= 4 is 0 Å². The number of benzene rings is 1. The molecule has 0 radical (unpaired) electrons. The summed E-state index contributed by atoms with van der Waals surface area (Å²) in [7, 11) is 1.58. The van der Waals surface area contributed by atoms with Crippen LogP contribution < -0.4 is 16.2 Å². The van der Waals surface area contributed by atoms with E-state index < -0.39 is 0 Å². The lowest BCUT2D eigenvalue weighted by Crippen LogP contribution is -2.09. The first-order valence-corrected chi connectivity index (χ1v) is 4.98. The molecule has 0 saturated heterocycles. The highest BCUT2D eigenvalue weighted by molar-refractivity contribution is 5.42. The van der Waals surface area contributed by atoms with Gasteiger partial charge in [0.1, 0.15) is 11.6 Å². The van der Waals surface area contributed by atoms with Gasteiger partial charge in [-0.15, -0.1) is 0 Å². The molecule has 84 valence electrons. The monoisotopic (exact) mass is 212 g/mol. The molecule has 0 unspecified atom stereocenters. The molecule has 0 aliphatic carbocycles. The molecule has 0 atom stereocenters. The molecule has 1 rings (SSSR count). The van der Waals surface area contributed by atoms with Crippen LogP contribution in [0.5, 0.6) is 5.75 Å². The maximum atomic E-state index is 13.3. The Hall–Kier alpha value is -1.13. The lowest BCUT2D eigenvalue weighted by atomic mass is 10.0. The van der Waals surface area contributed by atoms with Gasteiger partial charge in [0.05, 0.1) is 7.11 Å². The first kappa shape index (κ1) is 11.9. The molecule has 0 bridgehead atoms. The van der Waals surface area contributed by atoms with Crippen LogP contribution in [0.4, 0.5) is 4.39 Å². The van der Waals surface area contributed by atoms with Gasteiger partial charge in [-0.1, -0.05) is 0 Å². The number of ether oxygens (including phenoxy) is 1. The SMILES string of the molecule is COc1c(CCN)cc(F)cc1CCN. The number of rotatable bonds is 5. The fourth-order valence-corrected chi connectivity index (χ4v) is 1.66. The van der Waals surface area contributed by atoms with Crippen molar-refractivity contribution in [1.82, 2.24) is 0 Å². The van der Waals surface area contributed by atoms with Crippen molar-refractivity contribution in [1.29, 1.82) is 0 Å². The highest BCUT2D eigenvalue weighted by Gasteiger charge is 2.10. The molecule has 0 aromatic heterocycles. The van der Waals surface area contributed by atoms with Crippen molar-refractivity contribution in [3.63, 3.8) is 0 Å². The topological polar surface area (TPSA) is 61.3 Å². The summed E-state index contributed by atoms with van der Waals surface area (Å²) < 4.78 is 18.5. The van der Waals surface area contributed by atoms with Crippen LogP contribution in [0.2, 0.25) is 0 Å². The number of hydrogen-bond donors (Lipinski definition) is 2. The summed E-state index contributed by atoms with van der Waals surface area (Å²) in [5, 5.41) is 0. The first-order valence-electron chi connectivity index (χ1n) is 4.98. The highest BCUT2D eigenvalue weighted by Crippen LogP contribution is 2.26. The minimum Gasteiger partial charge on any atom is -0.496 e. The van der Waals surface area contributed by atoms with Crippen LogP contribution in [-0.4, -0.2) is 20.2 Å². The average molecular weight is 212 g/mol. The van der Waals surface area contributed by atoms with E-state index in [1.54, 1.807) is 7.11 Å². The van der Waals surface area contributed by atoms with Gasteiger partial charge in [-0.05, 0) is 49.2 Å². The van der Waals surface area contributed by atoms with Crippen LogP contribution in [0.3, 0.4) is 0 Å². The summed E-state index contributed by atoms with van der Waals surface area (Å²) in [4.78, 5) is 0. The van der Waals surface area contributed by atoms with E-state index in [2.05, 4.69) is 0 Å². The van der Waals surface area contributed by atoms with E-state index in [1.165, 1.54) is 12.1 Å². The Kier molecular flexibility index (Phi) is 4.52. The van der Waals surface area contributed by atoms with Crippen LogP contribution in [-0.2, 0) is 12.8 Å². The van der Waals surface area contributed by atoms with E-state index >= 15 is 0 Å². The Morgan fingerprint density at radius 1 is 1.13 bits per heavy atom. The third-order valence-electron chi connectivity index (χ3n) is 2.24. The van der Waals surface area contributed by atoms with Crippen LogP contribution in [0.25, 0.3) is 0 Å². The zero-order chi connectivity index (χ0) is 11.3. The van der Waals surface area contributed by atoms with Crippen LogP contribution in [0.1, 0.15) is 11.1 Å². The molecule has 3 nitrogen and oxygen atoms in total. The van der Waals surface area contributed by atoms with Crippen LogP contribution in [0.15, 0.2) is 12.1 Å². The average Bonchev–Trinajstić information content (AvgIpc) is 2.18. The molecule has 1 aromatic rings. The molecule has 0 saturated carbocycles. The molecule has 4 heteroatoms. The van der Waals surface area contributed by atoms with Crippen LogP contribution in [0, 0.1) is 5.82 Å². The smallest absolute Gasteiger partial charge is 0.125 e. The lowest BCUT2D eigenvalue weighted by molar-refractivity contribution is 0.403. The standard InChI is InChI=1S/C11H17FN2O/c1-15-11-8(2-4-13)6-10(12)7-9(11)3-5-14/h6-7H,2-5,13-14H2,1H3. The van der Waals surface area contributed by atoms with Crippen molar-refractivity contribution in [2.45, 2.75) is 12.8 Å². The number of halogens is 1. The molecule has 15 heavy (non-hydrogen) atoms. The molecular weight excluding hydrogens is 195 g/mol. The maximum absolute atomic E-state index is 13.3. The normalized spacial score (nSPS) is 10.4. The Bertz CT molecular complexity index is 301. The maximum Gasteiger partial charge on any atom is 0.125 e. The van der Waals surface area contributed by atoms with Gasteiger partial charge in [-0.25, -0.2) is 4.39 Å². The largest absolute Gasteiger partial charge is 0.496 e. The quantitative estimate of drug-likeness (QED) is 0.760. The third kappa shape index (κ3) is 2.91. The molecule has 0 amide bonds. The van der Waals surface area contributed by atoms with E-state index in [0.717, 1.165) is 11.1 Å². The van der Waals surface area contributed by atoms with Gasteiger partial charge in [0, 0.05) is 0 Å². The van der Waals surface area contributed by atoms with Crippen molar-refractivity contribution < 1.29 is 9.13 Å². The Morgan fingerprint density at radius 3 is 1.93 bits per heavy atom. The minimum absolute atomic E-state index is 0.261. The van der Waals surface area contributed by atoms with Gasteiger partial charge in [0.2, 0.25) is 0 Å². The van der Waals surface area contributed by atoms with Gasteiger partial charge in [-0.3, -0.25) is 0 Å². The molecular formula is C11H17FN2O. The van der Waals surface area contributed by atoms with Crippen molar-refractivity contribution in [3.05, 3.63) is 29.1 Å². The number of nitrogens with two attached hydrogens (primary N) is 2. The molecule has 0 fully saturated rings. The molecule has 0 aliphatic heterocycles. The minimum atomic E-state index is -0.261. The second kappa shape index (κ2) is 5.68. The summed E-state index contributed by atoms with van der Waals surface area (Å²) >= 11 is 0. The fraction of sp³-hybridized carbons (Fsp3) is 0.455. The fourth-order valence-electron chi connectivity index (χ4n) is 1.66. The molecule has 0 aliphatic rings. The lowest BCUT2D eigenvalue weighted by Gasteiger charge is -2.13. The van der Waals surface area contributed by atoms with Crippen molar-refractivity contribution in [2.24, 2.45) is 11.5 Å². The summed E-state index contributed by atoms with van der Waals surface area (Å²) in [6.07, 6.45) is 1.22.